The standard InChI is InChI=1S/C14H16N2O2S/c17-13-4-3-11(12-2-1-5-15-14(12)13)10-16-6-8-19(18)9-7-16/h1-5,17H,6-10H2. The van der Waals surface area contributed by atoms with E-state index in [1.165, 1.54) is 0 Å². The van der Waals surface area contributed by atoms with Crippen molar-refractivity contribution >= 4 is 21.7 Å². The van der Waals surface area contributed by atoms with Gasteiger partial charge in [0.15, 0.2) is 0 Å². The van der Waals surface area contributed by atoms with Gasteiger partial charge < -0.3 is 5.11 Å². The molecular formula is C14H16N2O2S. The van der Waals surface area contributed by atoms with E-state index >= 15 is 0 Å². The molecule has 0 saturated carbocycles. The van der Waals surface area contributed by atoms with Crippen LogP contribution in [0.3, 0.4) is 0 Å². The normalized spacial score (nSPS) is 17.9. The first-order chi connectivity index (χ1) is 9.24. The Morgan fingerprint density at radius 2 is 2.05 bits per heavy atom. The van der Waals surface area contributed by atoms with Crippen molar-refractivity contribution in [2.24, 2.45) is 0 Å². The van der Waals surface area contributed by atoms with Gasteiger partial charge in [0.2, 0.25) is 0 Å². The summed E-state index contributed by atoms with van der Waals surface area (Å²) in [5, 5.41) is 10.8. The summed E-state index contributed by atoms with van der Waals surface area (Å²) in [5.74, 6) is 1.74. The minimum atomic E-state index is -0.644. The molecule has 1 N–H and O–H groups in total. The largest absolute Gasteiger partial charge is 0.506 e. The van der Waals surface area contributed by atoms with Gasteiger partial charge in [0.05, 0.1) is 0 Å². The monoisotopic (exact) mass is 276 g/mol. The van der Waals surface area contributed by atoms with Crippen LogP contribution in [-0.2, 0) is 17.3 Å². The average Bonchev–Trinajstić information content (AvgIpc) is 2.45. The second-order valence-electron chi connectivity index (χ2n) is 4.77. The number of pyridine rings is 1. The van der Waals surface area contributed by atoms with Crippen LogP contribution in [-0.4, -0.2) is 43.8 Å². The lowest BCUT2D eigenvalue weighted by atomic mass is 10.1. The van der Waals surface area contributed by atoms with E-state index in [0.717, 1.165) is 42.1 Å². The molecule has 1 aliphatic rings. The summed E-state index contributed by atoms with van der Waals surface area (Å²) in [5.41, 5.74) is 1.81. The van der Waals surface area contributed by atoms with E-state index in [9.17, 15) is 9.32 Å². The molecule has 0 bridgehead atoms. The lowest BCUT2D eigenvalue weighted by Crippen LogP contribution is -2.37. The average molecular weight is 276 g/mol. The fraction of sp³-hybridized carbons (Fsp3) is 0.357. The first-order valence-corrected chi connectivity index (χ1v) is 7.86. The molecule has 4 nitrogen and oxygen atoms in total. The van der Waals surface area contributed by atoms with Crippen molar-refractivity contribution in [3.8, 4) is 5.75 Å². The fourth-order valence-electron chi connectivity index (χ4n) is 2.43. The summed E-state index contributed by atoms with van der Waals surface area (Å²) in [6.45, 7) is 2.56. The molecule has 0 amide bonds. The molecule has 100 valence electrons. The van der Waals surface area contributed by atoms with Crippen LogP contribution in [0.2, 0.25) is 0 Å². The molecule has 19 heavy (non-hydrogen) atoms. The van der Waals surface area contributed by atoms with Crippen LogP contribution in [0.5, 0.6) is 5.75 Å². The number of benzene rings is 1. The highest BCUT2D eigenvalue weighted by Gasteiger charge is 2.16. The first kappa shape index (κ1) is 12.6. The number of aromatic hydroxyl groups is 1. The first-order valence-electron chi connectivity index (χ1n) is 6.37. The third kappa shape index (κ3) is 2.62. The number of phenolic OH excluding ortho intramolecular Hbond substituents is 1. The van der Waals surface area contributed by atoms with Gasteiger partial charge in [-0.15, -0.1) is 0 Å². The smallest absolute Gasteiger partial charge is 0.141 e. The van der Waals surface area contributed by atoms with Gasteiger partial charge in [0.1, 0.15) is 11.3 Å². The van der Waals surface area contributed by atoms with E-state index in [1.54, 1.807) is 12.3 Å². The Balaban J connectivity index is 1.89. The van der Waals surface area contributed by atoms with Crippen molar-refractivity contribution in [1.29, 1.82) is 0 Å². The van der Waals surface area contributed by atoms with Crippen molar-refractivity contribution < 1.29 is 9.32 Å². The second-order valence-corrected chi connectivity index (χ2v) is 6.46. The fourth-order valence-corrected chi connectivity index (χ4v) is 3.56. The zero-order valence-corrected chi connectivity index (χ0v) is 11.4. The van der Waals surface area contributed by atoms with Crippen molar-refractivity contribution in [2.45, 2.75) is 6.54 Å². The van der Waals surface area contributed by atoms with Gasteiger partial charge in [-0.2, -0.15) is 0 Å². The summed E-state index contributed by atoms with van der Waals surface area (Å²) in [6.07, 6.45) is 1.69. The summed E-state index contributed by atoms with van der Waals surface area (Å²) in [4.78, 5) is 6.54. The summed E-state index contributed by atoms with van der Waals surface area (Å²) >= 11 is 0. The molecule has 0 radical (unpaired) electrons. The molecular weight excluding hydrogens is 260 g/mol. The van der Waals surface area contributed by atoms with Crippen LogP contribution in [0.25, 0.3) is 10.9 Å². The molecule has 2 aromatic rings. The number of hydrogen-bond acceptors (Lipinski definition) is 4. The third-order valence-electron chi connectivity index (χ3n) is 3.50. The van der Waals surface area contributed by atoms with E-state index in [0.29, 0.717) is 5.52 Å². The van der Waals surface area contributed by atoms with Crippen LogP contribution in [0.4, 0.5) is 0 Å². The molecule has 1 aromatic heterocycles. The Morgan fingerprint density at radius 3 is 2.84 bits per heavy atom. The van der Waals surface area contributed by atoms with E-state index in [-0.39, 0.29) is 5.75 Å². The molecule has 3 rings (SSSR count). The van der Waals surface area contributed by atoms with Gasteiger partial charge in [-0.05, 0) is 17.7 Å². The lowest BCUT2D eigenvalue weighted by molar-refractivity contribution is 0.292. The Bertz CT molecular complexity index is 620. The Kier molecular flexibility index (Phi) is 3.48. The summed E-state index contributed by atoms with van der Waals surface area (Å²) in [6, 6.07) is 7.52. The highest BCUT2D eigenvalue weighted by molar-refractivity contribution is 7.85. The van der Waals surface area contributed by atoms with E-state index in [2.05, 4.69) is 9.88 Å². The number of fused-ring (bicyclic) bond motifs is 1. The van der Waals surface area contributed by atoms with Crippen molar-refractivity contribution in [2.75, 3.05) is 24.6 Å². The van der Waals surface area contributed by atoms with Gasteiger partial charge in [-0.3, -0.25) is 14.1 Å². The number of phenols is 1. The number of aromatic nitrogens is 1. The predicted octanol–water partition coefficient (Wildman–Crippen LogP) is 1.50. The van der Waals surface area contributed by atoms with Crippen LogP contribution in [0.1, 0.15) is 5.56 Å². The molecule has 1 aromatic carbocycles. The quantitative estimate of drug-likeness (QED) is 0.903. The van der Waals surface area contributed by atoms with Gasteiger partial charge in [0, 0.05) is 53.5 Å². The van der Waals surface area contributed by atoms with E-state index in [1.807, 2.05) is 18.2 Å². The Hall–Kier alpha value is -1.46. The molecule has 0 aliphatic carbocycles. The van der Waals surface area contributed by atoms with Crippen molar-refractivity contribution in [3.63, 3.8) is 0 Å². The van der Waals surface area contributed by atoms with E-state index in [4.69, 9.17) is 0 Å². The molecule has 0 unspecified atom stereocenters. The Labute approximate surface area is 114 Å². The Morgan fingerprint density at radius 1 is 1.26 bits per heavy atom. The second kappa shape index (κ2) is 5.27. The maximum atomic E-state index is 11.4. The number of hydrogen-bond donors (Lipinski definition) is 1. The van der Waals surface area contributed by atoms with Gasteiger partial charge >= 0.3 is 0 Å². The highest BCUT2D eigenvalue weighted by Crippen LogP contribution is 2.26. The van der Waals surface area contributed by atoms with E-state index < -0.39 is 10.8 Å². The van der Waals surface area contributed by atoms with Crippen molar-refractivity contribution in [3.05, 3.63) is 36.0 Å². The topological polar surface area (TPSA) is 53.4 Å². The molecule has 1 saturated heterocycles. The van der Waals surface area contributed by atoms with Crippen LogP contribution in [0.15, 0.2) is 30.5 Å². The molecule has 2 heterocycles. The maximum absolute atomic E-state index is 11.4. The molecule has 1 fully saturated rings. The van der Waals surface area contributed by atoms with Crippen LogP contribution < -0.4 is 0 Å². The molecule has 5 heteroatoms. The van der Waals surface area contributed by atoms with Crippen LogP contribution >= 0.6 is 0 Å². The van der Waals surface area contributed by atoms with Gasteiger partial charge in [0.25, 0.3) is 0 Å². The minimum absolute atomic E-state index is 0.221. The minimum Gasteiger partial charge on any atom is -0.506 e. The number of rotatable bonds is 2. The third-order valence-corrected chi connectivity index (χ3v) is 4.78. The number of nitrogens with zero attached hydrogens (tertiary/aromatic N) is 2. The van der Waals surface area contributed by atoms with Gasteiger partial charge in [-0.25, -0.2) is 0 Å². The van der Waals surface area contributed by atoms with Gasteiger partial charge in [-0.1, -0.05) is 12.1 Å². The van der Waals surface area contributed by atoms with Crippen LogP contribution in [0, 0.1) is 0 Å². The zero-order chi connectivity index (χ0) is 13.2. The summed E-state index contributed by atoms with van der Waals surface area (Å²) < 4.78 is 11.4. The molecule has 1 aliphatic heterocycles. The highest BCUT2D eigenvalue weighted by atomic mass is 32.2. The molecule has 0 spiro atoms. The lowest BCUT2D eigenvalue weighted by Gasteiger charge is -2.26. The van der Waals surface area contributed by atoms with Crippen molar-refractivity contribution in [1.82, 2.24) is 9.88 Å². The zero-order valence-electron chi connectivity index (χ0n) is 10.6. The predicted molar refractivity (Wildman–Crippen MR) is 76.6 cm³/mol. The SMILES string of the molecule is O=S1CCN(Cc2ccc(O)c3ncccc23)CC1. The summed E-state index contributed by atoms with van der Waals surface area (Å²) in [7, 11) is -0.644. The maximum Gasteiger partial charge on any atom is 0.141 e. The molecule has 0 atom stereocenters.